The van der Waals surface area contributed by atoms with Crippen molar-refractivity contribution in [2.75, 3.05) is 13.7 Å². The van der Waals surface area contributed by atoms with Crippen molar-refractivity contribution in [3.8, 4) is 0 Å². The van der Waals surface area contributed by atoms with Gasteiger partial charge in [-0.2, -0.15) is 0 Å². The second-order valence-electron chi connectivity index (χ2n) is 4.47. The molecule has 0 bridgehead atoms. The highest BCUT2D eigenvalue weighted by molar-refractivity contribution is 5.82. The quantitative estimate of drug-likeness (QED) is 0.541. The lowest BCUT2D eigenvalue weighted by Crippen LogP contribution is -2.49. The molecule has 4 N–H and O–H groups in total. The number of H-pyrrole nitrogens is 1. The van der Waals surface area contributed by atoms with Crippen molar-refractivity contribution < 1.29 is 19.4 Å². The number of carboxylic acid groups (broad SMARTS) is 1. The molecule has 20 heavy (non-hydrogen) atoms. The summed E-state index contributed by atoms with van der Waals surface area (Å²) in [4.78, 5) is 29.4. The lowest BCUT2D eigenvalue weighted by Gasteiger charge is -2.17. The molecule has 1 rings (SSSR count). The fraction of sp³-hybridized carbons (Fsp3) is 0.583. The summed E-state index contributed by atoms with van der Waals surface area (Å²) in [6.45, 7) is 2.35. The van der Waals surface area contributed by atoms with E-state index in [2.05, 4.69) is 20.6 Å². The predicted molar refractivity (Wildman–Crippen MR) is 71.3 cm³/mol. The Morgan fingerprint density at radius 3 is 2.80 bits per heavy atom. The van der Waals surface area contributed by atoms with Gasteiger partial charge in [0.05, 0.1) is 6.33 Å². The molecule has 1 aromatic rings. The lowest BCUT2D eigenvalue weighted by atomic mass is 10.1. The van der Waals surface area contributed by atoms with E-state index in [9.17, 15) is 9.59 Å². The van der Waals surface area contributed by atoms with Crippen LogP contribution in [-0.4, -0.2) is 52.9 Å². The number of aromatic nitrogens is 2. The number of imidazole rings is 1. The van der Waals surface area contributed by atoms with E-state index in [0.29, 0.717) is 18.7 Å². The molecule has 0 aliphatic rings. The molecule has 2 unspecified atom stereocenters. The molecule has 0 spiro atoms. The van der Waals surface area contributed by atoms with Gasteiger partial charge in [0.1, 0.15) is 6.04 Å². The number of carbonyl (C=O) groups excluding carboxylic acids is 1. The molecule has 2 amide bonds. The van der Waals surface area contributed by atoms with Gasteiger partial charge in [0.2, 0.25) is 0 Å². The molecule has 112 valence electrons. The summed E-state index contributed by atoms with van der Waals surface area (Å²) in [5.41, 5.74) is 0.644. The number of nitrogens with zero attached hydrogens (tertiary/aromatic N) is 1. The first-order valence-electron chi connectivity index (χ1n) is 6.29. The molecule has 0 aliphatic heterocycles. The SMILES string of the molecule is COCCC(C)NC(=O)NC(Cc1cnc[nH]1)C(=O)O. The van der Waals surface area contributed by atoms with Crippen LogP contribution in [0.2, 0.25) is 0 Å². The molecule has 0 aliphatic carbocycles. The number of aromatic amines is 1. The zero-order chi connectivity index (χ0) is 15.0. The van der Waals surface area contributed by atoms with Crippen LogP contribution in [0.3, 0.4) is 0 Å². The largest absolute Gasteiger partial charge is 0.480 e. The van der Waals surface area contributed by atoms with E-state index < -0.39 is 18.0 Å². The Balaban J connectivity index is 2.45. The van der Waals surface area contributed by atoms with Crippen molar-refractivity contribution >= 4 is 12.0 Å². The van der Waals surface area contributed by atoms with Crippen molar-refractivity contribution in [2.45, 2.75) is 31.8 Å². The highest BCUT2D eigenvalue weighted by atomic mass is 16.5. The van der Waals surface area contributed by atoms with Crippen molar-refractivity contribution in [1.82, 2.24) is 20.6 Å². The van der Waals surface area contributed by atoms with Gasteiger partial charge in [-0.25, -0.2) is 14.6 Å². The van der Waals surface area contributed by atoms with Crippen LogP contribution in [0.15, 0.2) is 12.5 Å². The molecule has 0 fully saturated rings. The van der Waals surface area contributed by atoms with E-state index in [1.54, 1.807) is 7.11 Å². The number of rotatable bonds is 8. The summed E-state index contributed by atoms with van der Waals surface area (Å²) in [5.74, 6) is -1.10. The smallest absolute Gasteiger partial charge is 0.326 e. The van der Waals surface area contributed by atoms with E-state index in [1.807, 2.05) is 6.92 Å². The van der Waals surface area contributed by atoms with Gasteiger partial charge in [-0.05, 0) is 13.3 Å². The fourth-order valence-electron chi connectivity index (χ4n) is 1.61. The fourth-order valence-corrected chi connectivity index (χ4v) is 1.61. The number of amides is 2. The normalized spacial score (nSPS) is 13.5. The van der Waals surface area contributed by atoms with Gasteiger partial charge in [-0.3, -0.25) is 0 Å². The molecule has 0 radical (unpaired) electrons. The number of hydrogen-bond donors (Lipinski definition) is 4. The number of hydrogen-bond acceptors (Lipinski definition) is 4. The minimum absolute atomic E-state index is 0.100. The zero-order valence-electron chi connectivity index (χ0n) is 11.5. The number of carbonyl (C=O) groups is 2. The molecule has 0 saturated carbocycles. The molecule has 1 aromatic heterocycles. The Labute approximate surface area is 116 Å². The van der Waals surface area contributed by atoms with Gasteiger partial charge < -0.3 is 25.5 Å². The van der Waals surface area contributed by atoms with Crippen LogP contribution in [0.5, 0.6) is 0 Å². The van der Waals surface area contributed by atoms with Crippen LogP contribution >= 0.6 is 0 Å². The Morgan fingerprint density at radius 1 is 1.50 bits per heavy atom. The molecule has 0 aromatic carbocycles. The maximum atomic E-state index is 11.7. The third kappa shape index (κ3) is 5.70. The highest BCUT2D eigenvalue weighted by Crippen LogP contribution is 1.99. The number of ether oxygens (including phenoxy) is 1. The van der Waals surface area contributed by atoms with Gasteiger partial charge in [0, 0.05) is 38.1 Å². The summed E-state index contributed by atoms with van der Waals surface area (Å²) in [6, 6.07) is -1.62. The maximum absolute atomic E-state index is 11.7. The van der Waals surface area contributed by atoms with Crippen LogP contribution in [-0.2, 0) is 16.0 Å². The summed E-state index contributed by atoms with van der Waals surface area (Å²) < 4.78 is 4.91. The lowest BCUT2D eigenvalue weighted by molar-refractivity contribution is -0.139. The average molecular weight is 284 g/mol. The van der Waals surface area contributed by atoms with Crippen LogP contribution < -0.4 is 10.6 Å². The molecule has 0 saturated heterocycles. The van der Waals surface area contributed by atoms with Gasteiger partial charge in [0.15, 0.2) is 0 Å². The molecular formula is C12H20N4O4. The van der Waals surface area contributed by atoms with E-state index in [-0.39, 0.29) is 12.5 Å². The number of carboxylic acids is 1. The van der Waals surface area contributed by atoms with Crippen LogP contribution in [0.25, 0.3) is 0 Å². The van der Waals surface area contributed by atoms with Gasteiger partial charge in [-0.1, -0.05) is 0 Å². The Morgan fingerprint density at radius 2 is 2.25 bits per heavy atom. The first-order chi connectivity index (χ1) is 9.52. The van der Waals surface area contributed by atoms with Gasteiger partial charge >= 0.3 is 12.0 Å². The van der Waals surface area contributed by atoms with E-state index >= 15 is 0 Å². The van der Waals surface area contributed by atoms with Crippen molar-refractivity contribution in [3.63, 3.8) is 0 Å². The Hall–Kier alpha value is -2.09. The first kappa shape index (κ1) is 16.0. The Bertz CT molecular complexity index is 421. The summed E-state index contributed by atoms with van der Waals surface area (Å²) in [6.07, 6.45) is 3.79. The second-order valence-corrected chi connectivity index (χ2v) is 4.47. The van der Waals surface area contributed by atoms with E-state index in [1.165, 1.54) is 12.5 Å². The molecular weight excluding hydrogens is 264 g/mol. The molecule has 8 nitrogen and oxygen atoms in total. The summed E-state index contributed by atoms with van der Waals surface area (Å²) in [7, 11) is 1.58. The first-order valence-corrected chi connectivity index (χ1v) is 6.29. The van der Waals surface area contributed by atoms with Gasteiger partial charge in [0.25, 0.3) is 0 Å². The number of nitrogens with one attached hydrogen (secondary N) is 3. The Kier molecular flexibility index (Phi) is 6.51. The minimum Gasteiger partial charge on any atom is -0.480 e. The molecule has 2 atom stereocenters. The molecule has 1 heterocycles. The third-order valence-corrected chi connectivity index (χ3v) is 2.71. The number of urea groups is 1. The zero-order valence-corrected chi connectivity index (χ0v) is 11.5. The standard InChI is InChI=1S/C12H20N4O4/c1-8(3-4-20-2)15-12(19)16-10(11(17)18)5-9-6-13-7-14-9/h6-8,10H,3-5H2,1-2H3,(H,13,14)(H,17,18)(H2,15,16,19). The van der Waals surface area contributed by atoms with Crippen LogP contribution in [0.1, 0.15) is 19.0 Å². The van der Waals surface area contributed by atoms with Crippen molar-refractivity contribution in [2.24, 2.45) is 0 Å². The van der Waals surface area contributed by atoms with Crippen molar-refractivity contribution in [3.05, 3.63) is 18.2 Å². The average Bonchev–Trinajstić information content (AvgIpc) is 2.88. The summed E-state index contributed by atoms with van der Waals surface area (Å²) in [5, 5.41) is 14.2. The van der Waals surface area contributed by atoms with E-state index in [4.69, 9.17) is 9.84 Å². The minimum atomic E-state index is -1.10. The maximum Gasteiger partial charge on any atom is 0.326 e. The predicted octanol–water partition coefficient (Wildman–Crippen LogP) is 0.130. The van der Waals surface area contributed by atoms with Gasteiger partial charge in [-0.15, -0.1) is 0 Å². The van der Waals surface area contributed by atoms with Crippen LogP contribution in [0, 0.1) is 0 Å². The van der Waals surface area contributed by atoms with Crippen LogP contribution in [0.4, 0.5) is 4.79 Å². The highest BCUT2D eigenvalue weighted by Gasteiger charge is 2.21. The monoisotopic (exact) mass is 284 g/mol. The summed E-state index contributed by atoms with van der Waals surface area (Å²) >= 11 is 0. The molecule has 8 heteroatoms. The third-order valence-electron chi connectivity index (χ3n) is 2.71. The number of methoxy groups -OCH3 is 1. The second kappa shape index (κ2) is 8.16. The van der Waals surface area contributed by atoms with E-state index in [0.717, 1.165) is 0 Å². The van der Waals surface area contributed by atoms with Crippen molar-refractivity contribution in [1.29, 1.82) is 0 Å². The number of aliphatic carboxylic acids is 1. The topological polar surface area (TPSA) is 116 Å².